The van der Waals surface area contributed by atoms with E-state index >= 15 is 0 Å². The summed E-state index contributed by atoms with van der Waals surface area (Å²) in [6.07, 6.45) is 1.87. The van der Waals surface area contributed by atoms with Crippen molar-refractivity contribution < 1.29 is 9.32 Å². The number of halogens is 2. The number of amides is 1. The predicted molar refractivity (Wildman–Crippen MR) is 131 cm³/mol. The molecule has 1 N–H and O–H groups in total. The van der Waals surface area contributed by atoms with Gasteiger partial charge in [-0.25, -0.2) is 0 Å². The number of nitrogens with zero attached hydrogens (tertiary/aromatic N) is 3. The molecule has 2 aromatic heterocycles. The summed E-state index contributed by atoms with van der Waals surface area (Å²) in [6.45, 7) is 2.81. The Labute approximate surface area is 205 Å². The second-order valence-electron chi connectivity index (χ2n) is 7.61. The summed E-state index contributed by atoms with van der Waals surface area (Å²) in [5, 5.41) is 10.5. The molecule has 1 aromatic carbocycles. The maximum Gasteiger partial charge on any atom is 0.241 e. The number of piperidine rings is 1. The van der Waals surface area contributed by atoms with Gasteiger partial charge in [0.2, 0.25) is 17.6 Å². The molecule has 6 nitrogen and oxygen atoms in total. The topological polar surface area (TPSA) is 71.3 Å². The van der Waals surface area contributed by atoms with E-state index in [1.54, 1.807) is 23.1 Å². The highest BCUT2D eigenvalue weighted by molar-refractivity contribution is 7.98. The van der Waals surface area contributed by atoms with Crippen molar-refractivity contribution in [3.63, 3.8) is 0 Å². The number of thioether (sulfide) groups is 1. The van der Waals surface area contributed by atoms with Crippen LogP contribution >= 0.6 is 46.3 Å². The molecule has 10 heteroatoms. The third-order valence-corrected chi connectivity index (χ3v) is 7.86. The SMILES string of the molecule is O=C(NCCSCc1c(Cl)cccc1Cl)C1CCCN(Cc2nc(-c3cccs3)no2)C1. The molecule has 32 heavy (non-hydrogen) atoms. The van der Waals surface area contributed by atoms with Crippen molar-refractivity contribution in [2.75, 3.05) is 25.4 Å². The minimum Gasteiger partial charge on any atom is -0.355 e. The van der Waals surface area contributed by atoms with Gasteiger partial charge in [-0.3, -0.25) is 9.69 Å². The fourth-order valence-corrected chi connectivity index (χ4v) is 5.91. The van der Waals surface area contributed by atoms with E-state index in [1.807, 2.05) is 35.7 Å². The molecule has 3 heterocycles. The van der Waals surface area contributed by atoms with Crippen LogP contribution in [-0.4, -0.2) is 46.3 Å². The molecule has 1 unspecified atom stereocenters. The Bertz CT molecular complexity index is 1010. The summed E-state index contributed by atoms with van der Waals surface area (Å²) in [4.78, 5) is 20.4. The number of nitrogens with one attached hydrogen (secondary N) is 1. The Morgan fingerprint density at radius 2 is 2.12 bits per heavy atom. The van der Waals surface area contributed by atoms with Crippen molar-refractivity contribution in [3.05, 3.63) is 57.2 Å². The zero-order chi connectivity index (χ0) is 22.3. The van der Waals surface area contributed by atoms with Gasteiger partial charge in [-0.1, -0.05) is 40.5 Å². The van der Waals surface area contributed by atoms with Gasteiger partial charge < -0.3 is 9.84 Å². The van der Waals surface area contributed by atoms with E-state index in [4.69, 9.17) is 27.7 Å². The summed E-state index contributed by atoms with van der Waals surface area (Å²) in [5.41, 5.74) is 0.943. The van der Waals surface area contributed by atoms with Crippen LogP contribution in [0.15, 0.2) is 40.2 Å². The minimum atomic E-state index is -0.0218. The molecule has 0 bridgehead atoms. The van der Waals surface area contributed by atoms with E-state index in [0.717, 1.165) is 41.3 Å². The molecule has 1 fully saturated rings. The molecule has 0 saturated carbocycles. The van der Waals surface area contributed by atoms with Crippen molar-refractivity contribution in [2.45, 2.75) is 25.1 Å². The third-order valence-electron chi connectivity index (χ3n) is 5.30. The molecule has 3 aromatic rings. The molecule has 1 atom stereocenters. The predicted octanol–water partition coefficient (Wildman–Crippen LogP) is 5.37. The molecule has 1 amide bonds. The maximum absolute atomic E-state index is 12.7. The van der Waals surface area contributed by atoms with E-state index < -0.39 is 0 Å². The van der Waals surface area contributed by atoms with Crippen LogP contribution in [0.4, 0.5) is 0 Å². The monoisotopic (exact) mass is 510 g/mol. The molecule has 0 radical (unpaired) electrons. The number of likely N-dealkylation sites (tertiary alicyclic amines) is 1. The average Bonchev–Trinajstić information content (AvgIpc) is 3.47. The van der Waals surface area contributed by atoms with Gasteiger partial charge >= 0.3 is 0 Å². The number of carbonyl (C=O) groups is 1. The lowest BCUT2D eigenvalue weighted by atomic mass is 9.97. The van der Waals surface area contributed by atoms with Crippen LogP contribution in [0.25, 0.3) is 10.7 Å². The Morgan fingerprint density at radius 3 is 2.91 bits per heavy atom. The van der Waals surface area contributed by atoms with Gasteiger partial charge in [0, 0.05) is 34.6 Å². The van der Waals surface area contributed by atoms with Gasteiger partial charge in [0.1, 0.15) is 0 Å². The summed E-state index contributed by atoms with van der Waals surface area (Å²) in [6, 6.07) is 9.47. The van der Waals surface area contributed by atoms with Crippen LogP contribution in [0.3, 0.4) is 0 Å². The van der Waals surface area contributed by atoms with Crippen LogP contribution in [-0.2, 0) is 17.1 Å². The molecule has 4 rings (SSSR count). The Balaban J connectivity index is 1.19. The normalized spacial score (nSPS) is 16.9. The molecule has 0 aliphatic carbocycles. The number of hydrogen-bond donors (Lipinski definition) is 1. The first-order chi connectivity index (χ1) is 15.6. The Kier molecular flexibility index (Phi) is 8.49. The van der Waals surface area contributed by atoms with Crippen molar-refractivity contribution >= 4 is 52.2 Å². The summed E-state index contributed by atoms with van der Waals surface area (Å²) >= 11 is 15.7. The van der Waals surface area contributed by atoms with Crippen LogP contribution in [0.5, 0.6) is 0 Å². The summed E-state index contributed by atoms with van der Waals surface area (Å²) < 4.78 is 5.41. The van der Waals surface area contributed by atoms with E-state index in [9.17, 15) is 4.79 Å². The second-order valence-corrected chi connectivity index (χ2v) is 10.5. The summed E-state index contributed by atoms with van der Waals surface area (Å²) in [5.74, 6) is 2.82. The Morgan fingerprint density at radius 1 is 1.28 bits per heavy atom. The molecule has 170 valence electrons. The second kappa shape index (κ2) is 11.5. The zero-order valence-corrected chi connectivity index (χ0v) is 20.6. The molecule has 1 aliphatic heterocycles. The van der Waals surface area contributed by atoms with Crippen molar-refractivity contribution in [1.29, 1.82) is 0 Å². The fourth-order valence-electron chi connectivity index (χ4n) is 3.66. The summed E-state index contributed by atoms with van der Waals surface area (Å²) in [7, 11) is 0. The third kappa shape index (κ3) is 6.26. The first-order valence-corrected chi connectivity index (χ1v) is 13.3. The smallest absolute Gasteiger partial charge is 0.241 e. The van der Waals surface area contributed by atoms with Gasteiger partial charge in [-0.15, -0.1) is 11.3 Å². The lowest BCUT2D eigenvalue weighted by molar-refractivity contribution is -0.126. The molecule has 1 aliphatic rings. The van der Waals surface area contributed by atoms with Crippen LogP contribution in [0.2, 0.25) is 10.0 Å². The highest BCUT2D eigenvalue weighted by Gasteiger charge is 2.26. The van der Waals surface area contributed by atoms with Crippen LogP contribution in [0, 0.1) is 5.92 Å². The molecule has 0 spiro atoms. The van der Waals surface area contributed by atoms with Gasteiger partial charge in [-0.05, 0) is 48.5 Å². The van der Waals surface area contributed by atoms with Crippen molar-refractivity contribution in [2.24, 2.45) is 5.92 Å². The first-order valence-electron chi connectivity index (χ1n) is 10.5. The largest absolute Gasteiger partial charge is 0.355 e. The van der Waals surface area contributed by atoms with Gasteiger partial charge in [-0.2, -0.15) is 16.7 Å². The number of aromatic nitrogens is 2. The van der Waals surface area contributed by atoms with Crippen LogP contribution < -0.4 is 5.32 Å². The van der Waals surface area contributed by atoms with E-state index in [-0.39, 0.29) is 11.8 Å². The number of benzene rings is 1. The van der Waals surface area contributed by atoms with Gasteiger partial charge in [0.25, 0.3) is 0 Å². The van der Waals surface area contributed by atoms with Gasteiger partial charge in [0.15, 0.2) is 0 Å². The van der Waals surface area contributed by atoms with Crippen molar-refractivity contribution in [3.8, 4) is 10.7 Å². The number of hydrogen-bond acceptors (Lipinski definition) is 7. The molecular formula is C22H24Cl2N4O2S2. The van der Waals surface area contributed by atoms with Crippen LogP contribution in [0.1, 0.15) is 24.3 Å². The highest BCUT2D eigenvalue weighted by Crippen LogP contribution is 2.28. The lowest BCUT2D eigenvalue weighted by Crippen LogP contribution is -2.43. The number of carbonyl (C=O) groups excluding carboxylic acids is 1. The first kappa shape index (κ1) is 23.6. The quantitative estimate of drug-likeness (QED) is 0.390. The Hall–Kier alpha value is -1.58. The van der Waals surface area contributed by atoms with E-state index in [0.29, 0.717) is 41.4 Å². The molecule has 1 saturated heterocycles. The number of rotatable bonds is 9. The number of thiophene rings is 1. The minimum absolute atomic E-state index is 0.0218. The van der Waals surface area contributed by atoms with Gasteiger partial charge in [0.05, 0.1) is 17.3 Å². The average molecular weight is 512 g/mol. The van der Waals surface area contributed by atoms with E-state index in [2.05, 4.69) is 20.4 Å². The highest BCUT2D eigenvalue weighted by atomic mass is 35.5. The van der Waals surface area contributed by atoms with Crippen molar-refractivity contribution in [1.82, 2.24) is 20.4 Å². The lowest BCUT2D eigenvalue weighted by Gasteiger charge is -2.30. The van der Waals surface area contributed by atoms with E-state index in [1.165, 1.54) is 0 Å². The standard InChI is InChI=1S/C22H24Cl2N4O2S2/c23-17-5-1-6-18(24)16(17)14-31-11-8-25-22(29)15-4-2-9-28(12-15)13-20-26-21(27-30-20)19-7-3-10-32-19/h1,3,5-7,10,15H,2,4,8-9,11-14H2,(H,25,29). The fraction of sp³-hybridized carbons (Fsp3) is 0.409. The zero-order valence-electron chi connectivity index (χ0n) is 17.4. The molecular weight excluding hydrogens is 487 g/mol. The maximum atomic E-state index is 12.7.